The molecule has 0 amide bonds. The van der Waals surface area contributed by atoms with Crippen molar-refractivity contribution in [1.29, 1.82) is 0 Å². The van der Waals surface area contributed by atoms with E-state index in [-0.39, 0.29) is 6.10 Å². The van der Waals surface area contributed by atoms with Gasteiger partial charge in [-0.25, -0.2) is 0 Å². The van der Waals surface area contributed by atoms with Crippen molar-refractivity contribution in [3.05, 3.63) is 24.3 Å². The van der Waals surface area contributed by atoms with Crippen molar-refractivity contribution in [3.8, 4) is 11.8 Å². The highest BCUT2D eigenvalue weighted by molar-refractivity contribution is 4.97. The summed E-state index contributed by atoms with van der Waals surface area (Å²) in [6, 6.07) is 0. The van der Waals surface area contributed by atoms with Gasteiger partial charge in [-0.1, -0.05) is 95.9 Å². The average molecular weight is 403 g/mol. The molecule has 0 aliphatic rings. The van der Waals surface area contributed by atoms with E-state index in [0.717, 1.165) is 32.1 Å². The summed E-state index contributed by atoms with van der Waals surface area (Å²) >= 11 is 0. The van der Waals surface area contributed by atoms with E-state index in [1.165, 1.54) is 89.9 Å². The van der Waals surface area contributed by atoms with E-state index in [4.69, 9.17) is 0 Å². The van der Waals surface area contributed by atoms with Crippen LogP contribution in [0.15, 0.2) is 24.3 Å². The highest BCUT2D eigenvalue weighted by atomic mass is 16.3. The molecule has 0 saturated carbocycles. The predicted octanol–water partition coefficient (Wildman–Crippen LogP) is 8.91. The number of allylic oxidation sites excluding steroid dienone is 4. The Hall–Kier alpha value is -1.00. The fourth-order valence-electron chi connectivity index (χ4n) is 3.50. The second-order valence-electron chi connectivity index (χ2n) is 8.33. The molecule has 0 aliphatic carbocycles. The van der Waals surface area contributed by atoms with Crippen molar-refractivity contribution >= 4 is 0 Å². The molecule has 0 radical (unpaired) electrons. The van der Waals surface area contributed by atoms with Crippen LogP contribution in [0.4, 0.5) is 0 Å². The van der Waals surface area contributed by atoms with E-state index in [0.29, 0.717) is 0 Å². The summed E-state index contributed by atoms with van der Waals surface area (Å²) in [6.07, 6.45) is 32.1. The fraction of sp³-hybridized carbons (Fsp3) is 0.786. The zero-order valence-corrected chi connectivity index (χ0v) is 19.8. The summed E-state index contributed by atoms with van der Waals surface area (Å²) in [7, 11) is 0. The van der Waals surface area contributed by atoms with Crippen LogP contribution in [0.2, 0.25) is 0 Å². The van der Waals surface area contributed by atoms with E-state index in [9.17, 15) is 5.11 Å². The van der Waals surface area contributed by atoms with Crippen LogP contribution in [0.25, 0.3) is 0 Å². The van der Waals surface area contributed by atoms with Gasteiger partial charge in [-0.05, 0) is 51.4 Å². The van der Waals surface area contributed by atoms with Crippen LogP contribution < -0.4 is 0 Å². The third kappa shape index (κ3) is 25.0. The summed E-state index contributed by atoms with van der Waals surface area (Å²) in [5.41, 5.74) is 0. The minimum atomic E-state index is -0.0761. The lowest BCUT2D eigenvalue weighted by Gasteiger charge is -2.10. The van der Waals surface area contributed by atoms with Gasteiger partial charge in [-0.2, -0.15) is 0 Å². The zero-order valence-electron chi connectivity index (χ0n) is 19.8. The first-order valence-electron chi connectivity index (χ1n) is 12.7. The van der Waals surface area contributed by atoms with Crippen LogP contribution in [-0.4, -0.2) is 11.2 Å². The van der Waals surface area contributed by atoms with Crippen LogP contribution in [-0.2, 0) is 0 Å². The normalized spacial score (nSPS) is 12.5. The van der Waals surface area contributed by atoms with Crippen molar-refractivity contribution in [3.63, 3.8) is 0 Å². The molecule has 0 saturated heterocycles. The van der Waals surface area contributed by atoms with Gasteiger partial charge in [0.2, 0.25) is 0 Å². The minimum absolute atomic E-state index is 0.0761. The van der Waals surface area contributed by atoms with Gasteiger partial charge in [0.25, 0.3) is 0 Å². The van der Waals surface area contributed by atoms with Gasteiger partial charge in [0.15, 0.2) is 0 Å². The van der Waals surface area contributed by atoms with Crippen molar-refractivity contribution in [1.82, 2.24) is 0 Å². The smallest absolute Gasteiger partial charge is 0.0540 e. The van der Waals surface area contributed by atoms with Crippen molar-refractivity contribution in [2.75, 3.05) is 0 Å². The molecule has 1 unspecified atom stereocenters. The molecule has 0 aromatic heterocycles. The molecule has 1 nitrogen and oxygen atoms in total. The summed E-state index contributed by atoms with van der Waals surface area (Å²) in [4.78, 5) is 0. The van der Waals surface area contributed by atoms with Crippen LogP contribution in [0.5, 0.6) is 0 Å². The van der Waals surface area contributed by atoms with Crippen LogP contribution in [0, 0.1) is 11.8 Å². The summed E-state index contributed by atoms with van der Waals surface area (Å²) in [5, 5.41) is 10.1. The van der Waals surface area contributed by atoms with Gasteiger partial charge in [-0.3, -0.25) is 0 Å². The largest absolute Gasteiger partial charge is 0.393 e. The molecular formula is C28H50O. The molecule has 0 aromatic rings. The monoisotopic (exact) mass is 402 g/mol. The third-order valence-corrected chi connectivity index (χ3v) is 5.38. The van der Waals surface area contributed by atoms with Gasteiger partial charge < -0.3 is 5.11 Å². The summed E-state index contributed by atoms with van der Waals surface area (Å²) in [6.45, 7) is 4.36. The van der Waals surface area contributed by atoms with Crippen LogP contribution in [0.3, 0.4) is 0 Å². The lowest BCUT2D eigenvalue weighted by atomic mass is 10.0. The van der Waals surface area contributed by atoms with E-state index in [1.54, 1.807) is 0 Å². The molecule has 0 fully saturated rings. The Labute approximate surface area is 183 Å². The molecule has 0 heterocycles. The topological polar surface area (TPSA) is 20.2 Å². The Morgan fingerprint density at radius 3 is 1.79 bits per heavy atom. The SMILES string of the molecule is CCC#CCCCCCCC(O)CCCCCCC/C=C\C/C=C\CCCCC. The second-order valence-corrected chi connectivity index (χ2v) is 8.33. The first kappa shape index (κ1) is 28.0. The number of hydrogen-bond donors (Lipinski definition) is 1. The fourth-order valence-corrected chi connectivity index (χ4v) is 3.50. The molecule has 1 heteroatoms. The minimum Gasteiger partial charge on any atom is -0.393 e. The Kier molecular flexibility index (Phi) is 24.2. The Morgan fingerprint density at radius 1 is 0.621 bits per heavy atom. The maximum absolute atomic E-state index is 10.1. The zero-order chi connectivity index (χ0) is 21.3. The number of hydrogen-bond acceptors (Lipinski definition) is 1. The number of aliphatic hydroxyl groups excluding tert-OH is 1. The first-order chi connectivity index (χ1) is 14.3. The molecule has 0 aliphatic heterocycles. The third-order valence-electron chi connectivity index (χ3n) is 5.38. The maximum atomic E-state index is 10.1. The molecule has 0 aromatic carbocycles. The first-order valence-corrected chi connectivity index (χ1v) is 12.7. The van der Waals surface area contributed by atoms with Gasteiger partial charge in [-0.15, -0.1) is 11.8 Å². The number of rotatable bonds is 20. The predicted molar refractivity (Wildman–Crippen MR) is 131 cm³/mol. The van der Waals surface area contributed by atoms with E-state index in [2.05, 4.69) is 50.0 Å². The van der Waals surface area contributed by atoms with Gasteiger partial charge in [0, 0.05) is 12.8 Å². The highest BCUT2D eigenvalue weighted by Gasteiger charge is 2.03. The molecule has 1 N–H and O–H groups in total. The second kappa shape index (κ2) is 25.0. The molecule has 1 atom stereocenters. The highest BCUT2D eigenvalue weighted by Crippen LogP contribution is 2.14. The molecule has 29 heavy (non-hydrogen) atoms. The maximum Gasteiger partial charge on any atom is 0.0540 e. The Bertz CT molecular complexity index is 423. The van der Waals surface area contributed by atoms with Gasteiger partial charge in [0.05, 0.1) is 6.10 Å². The summed E-state index contributed by atoms with van der Waals surface area (Å²) < 4.78 is 0. The summed E-state index contributed by atoms with van der Waals surface area (Å²) in [5.74, 6) is 6.32. The van der Waals surface area contributed by atoms with Crippen molar-refractivity contribution < 1.29 is 5.11 Å². The molecule has 168 valence electrons. The van der Waals surface area contributed by atoms with E-state index < -0.39 is 0 Å². The van der Waals surface area contributed by atoms with E-state index >= 15 is 0 Å². The van der Waals surface area contributed by atoms with Crippen molar-refractivity contribution in [2.24, 2.45) is 0 Å². The van der Waals surface area contributed by atoms with Gasteiger partial charge >= 0.3 is 0 Å². The lowest BCUT2D eigenvalue weighted by molar-refractivity contribution is 0.147. The van der Waals surface area contributed by atoms with Crippen molar-refractivity contribution in [2.45, 2.75) is 142 Å². The molecular weight excluding hydrogens is 352 g/mol. The standard InChI is InChI=1S/C28H50O/c1-3-5-7-9-11-13-14-15-16-17-18-19-21-23-25-27-28(29)26-24-22-20-12-10-8-6-4-2/h11,13,15-16,28-29H,3-5,7,9-10,12,14,17-27H2,1-2H3/b13-11-,16-15-. The quantitative estimate of drug-likeness (QED) is 0.122. The Balaban J connectivity index is 3.28. The lowest BCUT2D eigenvalue weighted by Crippen LogP contribution is -2.05. The number of aliphatic hydroxyl groups is 1. The molecule has 0 rings (SSSR count). The number of unbranched alkanes of at least 4 members (excludes halogenated alkanes) is 12. The molecule has 0 bridgehead atoms. The van der Waals surface area contributed by atoms with E-state index in [1.807, 2.05) is 0 Å². The van der Waals surface area contributed by atoms with Gasteiger partial charge in [0.1, 0.15) is 0 Å². The average Bonchev–Trinajstić information content (AvgIpc) is 2.72. The molecule has 0 spiro atoms. The van der Waals surface area contributed by atoms with Crippen LogP contribution >= 0.6 is 0 Å². The van der Waals surface area contributed by atoms with Crippen LogP contribution in [0.1, 0.15) is 136 Å². The Morgan fingerprint density at radius 2 is 1.17 bits per heavy atom.